The molecule has 130 valence electrons. The van der Waals surface area contributed by atoms with E-state index in [1.165, 1.54) is 96.3 Å². The van der Waals surface area contributed by atoms with E-state index in [2.05, 4.69) is 26.5 Å². The van der Waals surface area contributed by atoms with Crippen molar-refractivity contribution >= 4 is 36.6 Å². The van der Waals surface area contributed by atoms with Crippen LogP contribution in [0.15, 0.2) is 0 Å². The summed E-state index contributed by atoms with van der Waals surface area (Å²) in [5, 5.41) is 0. The van der Waals surface area contributed by atoms with Crippen molar-refractivity contribution in [2.45, 2.75) is 110 Å². The lowest BCUT2D eigenvalue weighted by molar-refractivity contribution is 0.506. The molecule has 0 radical (unpaired) electrons. The van der Waals surface area contributed by atoms with E-state index < -0.39 is 0 Å². The SMILES string of the molecule is CCCCCCCCCCCCCCCCC(C)CS.I. The van der Waals surface area contributed by atoms with Crippen molar-refractivity contribution in [2.24, 2.45) is 5.92 Å². The first-order valence-corrected chi connectivity index (χ1v) is 10.0. The molecule has 0 aromatic heterocycles. The number of halogens is 1. The fraction of sp³-hybridized carbons (Fsp3) is 1.00. The molecule has 21 heavy (non-hydrogen) atoms. The van der Waals surface area contributed by atoms with Crippen LogP contribution in [0.5, 0.6) is 0 Å². The van der Waals surface area contributed by atoms with Gasteiger partial charge in [0.15, 0.2) is 0 Å². The molecular formula is C19H41IS. The Labute approximate surface area is 158 Å². The third-order valence-corrected chi connectivity index (χ3v) is 4.99. The third-order valence-electron chi connectivity index (χ3n) is 4.36. The Balaban J connectivity index is 0. The zero-order valence-corrected chi connectivity index (χ0v) is 18.0. The van der Waals surface area contributed by atoms with Gasteiger partial charge in [0.2, 0.25) is 0 Å². The van der Waals surface area contributed by atoms with E-state index in [1.807, 2.05) is 0 Å². The largest absolute Gasteiger partial charge is 0.179 e. The molecule has 0 bridgehead atoms. The van der Waals surface area contributed by atoms with E-state index in [1.54, 1.807) is 0 Å². The van der Waals surface area contributed by atoms with Gasteiger partial charge in [-0.3, -0.25) is 0 Å². The van der Waals surface area contributed by atoms with Gasteiger partial charge in [-0.1, -0.05) is 104 Å². The molecule has 0 aliphatic rings. The average Bonchev–Trinajstić information content (AvgIpc) is 2.47. The van der Waals surface area contributed by atoms with Crippen LogP contribution < -0.4 is 0 Å². The molecule has 0 saturated carbocycles. The first kappa shape index (κ1) is 24.3. The van der Waals surface area contributed by atoms with Crippen molar-refractivity contribution < 1.29 is 0 Å². The maximum atomic E-state index is 4.34. The van der Waals surface area contributed by atoms with Gasteiger partial charge in [-0.15, -0.1) is 24.0 Å². The molecule has 2 heteroatoms. The molecule has 1 atom stereocenters. The van der Waals surface area contributed by atoms with Crippen LogP contribution in [0, 0.1) is 5.92 Å². The highest BCUT2D eigenvalue weighted by molar-refractivity contribution is 14.0. The van der Waals surface area contributed by atoms with E-state index in [0.29, 0.717) is 0 Å². The minimum Gasteiger partial charge on any atom is -0.179 e. The first-order valence-electron chi connectivity index (χ1n) is 9.42. The van der Waals surface area contributed by atoms with Crippen molar-refractivity contribution in [3.8, 4) is 0 Å². The van der Waals surface area contributed by atoms with Crippen molar-refractivity contribution in [2.75, 3.05) is 5.75 Å². The van der Waals surface area contributed by atoms with Gasteiger partial charge in [0, 0.05) is 0 Å². The van der Waals surface area contributed by atoms with Gasteiger partial charge < -0.3 is 0 Å². The summed E-state index contributed by atoms with van der Waals surface area (Å²) in [5.74, 6) is 1.87. The summed E-state index contributed by atoms with van der Waals surface area (Å²) in [6, 6.07) is 0. The van der Waals surface area contributed by atoms with E-state index in [9.17, 15) is 0 Å². The van der Waals surface area contributed by atoms with Crippen LogP contribution in [0.25, 0.3) is 0 Å². The number of hydrogen-bond acceptors (Lipinski definition) is 1. The second-order valence-electron chi connectivity index (χ2n) is 6.67. The standard InChI is InChI=1S/C19H40S.HI/c1-3-4-5-6-7-8-9-10-11-12-13-14-15-16-17-19(2)18-20;/h19-20H,3-18H2,1-2H3;1H. The fourth-order valence-corrected chi connectivity index (χ4v) is 2.96. The minimum atomic E-state index is 0. The van der Waals surface area contributed by atoms with Crippen LogP contribution in [-0.2, 0) is 0 Å². The van der Waals surface area contributed by atoms with Gasteiger partial charge in [0.1, 0.15) is 0 Å². The summed E-state index contributed by atoms with van der Waals surface area (Å²) < 4.78 is 0. The Kier molecular flexibility index (Phi) is 24.4. The predicted octanol–water partition coefficient (Wildman–Crippen LogP) is 8.04. The summed E-state index contributed by atoms with van der Waals surface area (Å²) in [6.45, 7) is 4.61. The van der Waals surface area contributed by atoms with Crippen LogP contribution in [-0.4, -0.2) is 5.75 Å². The Morgan fingerprint density at radius 2 is 0.952 bits per heavy atom. The Bertz CT molecular complexity index is 173. The Morgan fingerprint density at radius 1 is 0.619 bits per heavy atom. The summed E-state index contributed by atoms with van der Waals surface area (Å²) in [6.07, 6.45) is 21.7. The number of unbranched alkanes of at least 4 members (excludes halogenated alkanes) is 13. The summed E-state index contributed by atoms with van der Waals surface area (Å²) in [5.41, 5.74) is 0. The molecule has 0 heterocycles. The fourth-order valence-electron chi connectivity index (χ4n) is 2.78. The van der Waals surface area contributed by atoms with Crippen LogP contribution in [0.1, 0.15) is 110 Å². The quantitative estimate of drug-likeness (QED) is 0.144. The van der Waals surface area contributed by atoms with Gasteiger partial charge in [-0.05, 0) is 18.1 Å². The highest BCUT2D eigenvalue weighted by Gasteiger charge is 1.98. The highest BCUT2D eigenvalue weighted by atomic mass is 127. The molecule has 0 spiro atoms. The van der Waals surface area contributed by atoms with Gasteiger partial charge in [-0.2, -0.15) is 12.6 Å². The van der Waals surface area contributed by atoms with Crippen molar-refractivity contribution in [3.63, 3.8) is 0 Å². The van der Waals surface area contributed by atoms with Crippen LogP contribution in [0.3, 0.4) is 0 Å². The van der Waals surface area contributed by atoms with Crippen molar-refractivity contribution in [3.05, 3.63) is 0 Å². The molecule has 1 unspecified atom stereocenters. The average molecular weight is 429 g/mol. The van der Waals surface area contributed by atoms with Gasteiger partial charge in [0.05, 0.1) is 0 Å². The molecule has 0 nitrogen and oxygen atoms in total. The monoisotopic (exact) mass is 428 g/mol. The van der Waals surface area contributed by atoms with Gasteiger partial charge in [0.25, 0.3) is 0 Å². The maximum absolute atomic E-state index is 4.34. The lowest BCUT2D eigenvalue weighted by Crippen LogP contribution is -1.95. The van der Waals surface area contributed by atoms with Gasteiger partial charge >= 0.3 is 0 Å². The van der Waals surface area contributed by atoms with Crippen LogP contribution in [0.2, 0.25) is 0 Å². The molecule has 0 rings (SSSR count). The van der Waals surface area contributed by atoms with Crippen LogP contribution >= 0.6 is 36.6 Å². The normalized spacial score (nSPS) is 12.1. The zero-order chi connectivity index (χ0) is 14.9. The smallest absolute Gasteiger partial charge is 0.00721 e. The second kappa shape index (κ2) is 21.1. The van der Waals surface area contributed by atoms with Crippen LogP contribution in [0.4, 0.5) is 0 Å². The lowest BCUT2D eigenvalue weighted by Gasteiger charge is -2.07. The molecule has 0 aromatic rings. The Morgan fingerprint density at radius 3 is 1.29 bits per heavy atom. The zero-order valence-electron chi connectivity index (χ0n) is 14.7. The predicted molar refractivity (Wildman–Crippen MR) is 113 cm³/mol. The molecule has 0 aliphatic heterocycles. The van der Waals surface area contributed by atoms with Crippen molar-refractivity contribution in [1.29, 1.82) is 0 Å². The molecule has 0 saturated heterocycles. The maximum Gasteiger partial charge on any atom is -0.00721 e. The molecule has 0 amide bonds. The van der Waals surface area contributed by atoms with E-state index in [0.717, 1.165) is 11.7 Å². The summed E-state index contributed by atoms with van der Waals surface area (Å²) >= 11 is 4.34. The lowest BCUT2D eigenvalue weighted by atomic mass is 10.0. The van der Waals surface area contributed by atoms with Gasteiger partial charge in [-0.25, -0.2) is 0 Å². The molecular weight excluding hydrogens is 387 g/mol. The summed E-state index contributed by atoms with van der Waals surface area (Å²) in [4.78, 5) is 0. The number of hydrogen-bond donors (Lipinski definition) is 1. The number of rotatable bonds is 16. The number of thiol groups is 1. The molecule has 0 N–H and O–H groups in total. The third kappa shape index (κ3) is 21.1. The summed E-state index contributed by atoms with van der Waals surface area (Å²) in [7, 11) is 0. The van der Waals surface area contributed by atoms with E-state index in [-0.39, 0.29) is 24.0 Å². The Hall–Kier alpha value is 1.08. The van der Waals surface area contributed by atoms with E-state index >= 15 is 0 Å². The highest BCUT2D eigenvalue weighted by Crippen LogP contribution is 2.15. The van der Waals surface area contributed by atoms with Crippen molar-refractivity contribution in [1.82, 2.24) is 0 Å². The topological polar surface area (TPSA) is 0 Å². The molecule has 0 aromatic carbocycles. The minimum absolute atomic E-state index is 0. The van der Waals surface area contributed by atoms with E-state index in [4.69, 9.17) is 0 Å². The second-order valence-corrected chi connectivity index (χ2v) is 7.04. The first-order chi connectivity index (χ1) is 9.81. The molecule has 0 fully saturated rings. The molecule has 0 aliphatic carbocycles.